The Hall–Kier alpha value is -5.04. The second kappa shape index (κ2) is 10.9. The summed E-state index contributed by atoms with van der Waals surface area (Å²) in [5.41, 5.74) is 4.12. The number of rotatable bonds is 6. The van der Waals surface area contributed by atoms with Crippen LogP contribution in [0.25, 0.3) is 28.0 Å². The Bertz CT molecular complexity index is 1930. The van der Waals surface area contributed by atoms with Gasteiger partial charge < -0.3 is 14.5 Å². The molecule has 6 rings (SSSR count). The molecule has 2 fully saturated rings. The molecular weight excluding hydrogens is 554 g/mol. The maximum Gasteiger partial charge on any atom is 0.355 e. The van der Waals surface area contributed by atoms with Gasteiger partial charge in [0.25, 0.3) is 0 Å². The molecule has 10 heteroatoms. The number of anilines is 1. The molecule has 1 aliphatic carbocycles. The van der Waals surface area contributed by atoms with E-state index in [1.54, 1.807) is 28.8 Å². The van der Waals surface area contributed by atoms with E-state index in [1.165, 1.54) is 6.08 Å². The van der Waals surface area contributed by atoms with Crippen LogP contribution in [0.3, 0.4) is 0 Å². The highest BCUT2D eigenvalue weighted by Gasteiger charge is 2.53. The van der Waals surface area contributed by atoms with Gasteiger partial charge in [0.1, 0.15) is 17.6 Å². The summed E-state index contributed by atoms with van der Waals surface area (Å²) in [7, 11) is 1.59. The number of nitrogens with zero attached hydrogens (tertiary/aromatic N) is 7. The van der Waals surface area contributed by atoms with E-state index in [4.69, 9.17) is 14.7 Å². The lowest BCUT2D eigenvalue weighted by atomic mass is 10.0. The van der Waals surface area contributed by atoms with Crippen LogP contribution < -0.4 is 15.3 Å². The van der Waals surface area contributed by atoms with Crippen molar-refractivity contribution in [2.45, 2.75) is 52.0 Å². The number of ether oxygens (including phenoxy) is 1. The maximum absolute atomic E-state index is 14.2. The number of fused-ring (bicyclic) bond motifs is 1. The predicted molar refractivity (Wildman–Crippen MR) is 169 cm³/mol. The van der Waals surface area contributed by atoms with E-state index in [-0.39, 0.29) is 17.4 Å². The van der Waals surface area contributed by atoms with Crippen molar-refractivity contribution in [3.8, 4) is 28.8 Å². The molecule has 0 bridgehead atoms. The first-order valence-electron chi connectivity index (χ1n) is 14.8. The van der Waals surface area contributed by atoms with E-state index in [0.717, 1.165) is 29.7 Å². The largest absolute Gasteiger partial charge is 0.496 e. The lowest BCUT2D eigenvalue weighted by Gasteiger charge is -2.43. The third kappa shape index (κ3) is 4.60. The number of para-hydroxylation sites is 1. The molecule has 1 saturated carbocycles. The van der Waals surface area contributed by atoms with Crippen LogP contribution in [0.1, 0.15) is 55.0 Å². The number of aryl methyl sites for hydroxylation is 2. The molecule has 0 atom stereocenters. The summed E-state index contributed by atoms with van der Waals surface area (Å²) in [5, 5.41) is 11.0. The number of benzene rings is 1. The third-order valence-corrected chi connectivity index (χ3v) is 8.78. The number of nitriles is 1. The lowest BCUT2D eigenvalue weighted by molar-refractivity contribution is -0.127. The number of carbonyl (C=O) groups excluding carboxylic acids is 1. The van der Waals surface area contributed by atoms with E-state index >= 15 is 0 Å². The molecule has 1 aromatic carbocycles. The third-order valence-electron chi connectivity index (χ3n) is 8.78. The number of aromatic nitrogens is 4. The van der Waals surface area contributed by atoms with Crippen LogP contribution in [0.4, 0.5) is 5.82 Å². The number of carbonyl (C=O) groups is 1. The van der Waals surface area contributed by atoms with Crippen LogP contribution in [0.2, 0.25) is 0 Å². The van der Waals surface area contributed by atoms with Crippen LogP contribution in [0.5, 0.6) is 5.75 Å². The van der Waals surface area contributed by atoms with Crippen molar-refractivity contribution in [1.29, 1.82) is 5.26 Å². The van der Waals surface area contributed by atoms with E-state index in [1.807, 2.05) is 52.0 Å². The van der Waals surface area contributed by atoms with Crippen LogP contribution in [-0.2, 0) is 4.79 Å². The van der Waals surface area contributed by atoms with Gasteiger partial charge in [0, 0.05) is 31.4 Å². The van der Waals surface area contributed by atoms with E-state index < -0.39 is 5.69 Å². The molecular formula is C34H35N7O3. The summed E-state index contributed by atoms with van der Waals surface area (Å²) in [6, 6.07) is 11.7. The van der Waals surface area contributed by atoms with Gasteiger partial charge in [-0.1, -0.05) is 32.6 Å². The fourth-order valence-electron chi connectivity index (χ4n) is 6.42. The Morgan fingerprint density at radius 1 is 1.16 bits per heavy atom. The number of piperazine rings is 1. The zero-order valence-electron chi connectivity index (χ0n) is 25.7. The average Bonchev–Trinajstić information content (AvgIpc) is 3.78. The first kappa shape index (κ1) is 29.1. The van der Waals surface area contributed by atoms with Crippen molar-refractivity contribution < 1.29 is 9.53 Å². The molecule has 1 amide bonds. The van der Waals surface area contributed by atoms with E-state index in [2.05, 4.69) is 22.5 Å². The fraction of sp³-hybridized carbons (Fsp3) is 0.353. The first-order chi connectivity index (χ1) is 21.1. The van der Waals surface area contributed by atoms with Gasteiger partial charge in [0.2, 0.25) is 5.91 Å². The van der Waals surface area contributed by atoms with E-state index in [9.17, 15) is 14.9 Å². The Kier molecular flexibility index (Phi) is 7.20. The minimum Gasteiger partial charge on any atom is -0.496 e. The van der Waals surface area contributed by atoms with Gasteiger partial charge in [0.05, 0.1) is 40.7 Å². The molecule has 0 radical (unpaired) electrons. The van der Waals surface area contributed by atoms with Gasteiger partial charge >= 0.3 is 5.69 Å². The van der Waals surface area contributed by atoms with Crippen molar-refractivity contribution in [3.63, 3.8) is 0 Å². The zero-order valence-corrected chi connectivity index (χ0v) is 25.7. The summed E-state index contributed by atoms with van der Waals surface area (Å²) in [6.07, 6.45) is 4.80. The van der Waals surface area contributed by atoms with Crippen molar-refractivity contribution in [1.82, 2.24) is 24.4 Å². The fourth-order valence-corrected chi connectivity index (χ4v) is 6.42. The summed E-state index contributed by atoms with van der Waals surface area (Å²) in [5.74, 6) is 0.998. The van der Waals surface area contributed by atoms with Crippen molar-refractivity contribution in [3.05, 3.63) is 82.1 Å². The smallest absolute Gasteiger partial charge is 0.355 e. The molecule has 3 aromatic heterocycles. The Labute approximate surface area is 256 Å². The van der Waals surface area contributed by atoms with Gasteiger partial charge in [0.15, 0.2) is 5.65 Å². The molecule has 224 valence electrons. The van der Waals surface area contributed by atoms with Crippen LogP contribution in [0.15, 0.2) is 54.0 Å². The summed E-state index contributed by atoms with van der Waals surface area (Å²) in [6.45, 7) is 13.1. The molecule has 2 aliphatic rings. The van der Waals surface area contributed by atoms with Crippen LogP contribution in [0, 0.1) is 25.2 Å². The Morgan fingerprint density at radius 3 is 2.59 bits per heavy atom. The summed E-state index contributed by atoms with van der Waals surface area (Å²) >= 11 is 0. The molecule has 44 heavy (non-hydrogen) atoms. The Morgan fingerprint density at radius 2 is 1.93 bits per heavy atom. The normalized spacial score (nSPS) is 15.5. The summed E-state index contributed by atoms with van der Waals surface area (Å²) in [4.78, 5) is 45.2. The minimum absolute atomic E-state index is 0.0199. The number of methoxy groups -OCH3 is 1. The van der Waals surface area contributed by atoms with Gasteiger partial charge in [-0.3, -0.25) is 9.78 Å². The van der Waals surface area contributed by atoms with E-state index in [0.29, 0.717) is 64.7 Å². The molecule has 0 N–H and O–H groups in total. The van der Waals surface area contributed by atoms with Crippen molar-refractivity contribution >= 4 is 22.8 Å². The van der Waals surface area contributed by atoms with Crippen molar-refractivity contribution in [2.75, 3.05) is 31.6 Å². The molecule has 1 aliphatic heterocycles. The number of hydrogen-bond acceptors (Lipinski definition) is 8. The Balaban J connectivity index is 1.68. The molecule has 0 unspecified atom stereocenters. The predicted octanol–water partition coefficient (Wildman–Crippen LogP) is 4.83. The monoisotopic (exact) mass is 589 g/mol. The molecule has 1 spiro atoms. The second-order valence-electron chi connectivity index (χ2n) is 11.9. The second-order valence-corrected chi connectivity index (χ2v) is 11.9. The molecule has 4 heterocycles. The number of amides is 1. The number of hydrogen-bond donors (Lipinski definition) is 0. The van der Waals surface area contributed by atoms with Gasteiger partial charge in [-0.2, -0.15) is 10.2 Å². The quantitative estimate of drug-likeness (QED) is 0.294. The molecule has 10 nitrogen and oxygen atoms in total. The molecule has 1 saturated heterocycles. The molecule has 4 aromatic rings. The highest BCUT2D eigenvalue weighted by atomic mass is 16.5. The van der Waals surface area contributed by atoms with Gasteiger partial charge in [-0.05, 0) is 68.0 Å². The van der Waals surface area contributed by atoms with Gasteiger partial charge in [-0.15, -0.1) is 0 Å². The summed E-state index contributed by atoms with van der Waals surface area (Å²) < 4.78 is 7.30. The average molecular weight is 590 g/mol. The standard InChI is InChI=1S/C34H35N7O3/c1-7-26(42)39-15-16-40(34(19-39)12-13-34)31-25-17-23(18-35)28(24-10-8-9-22(5)30(24)44-6)37-32(25)41(33(43)38-31)29-21(4)11-14-36-27(29)20(2)3/h7-11,14,17,20H,1,12-13,15-16,19H2,2-6H3. The van der Waals surface area contributed by atoms with Crippen molar-refractivity contribution in [2.24, 2.45) is 0 Å². The minimum atomic E-state index is -0.481. The van der Waals surface area contributed by atoms with Crippen LogP contribution in [-0.4, -0.2) is 62.6 Å². The first-order valence-corrected chi connectivity index (χ1v) is 14.8. The van der Waals surface area contributed by atoms with Gasteiger partial charge in [-0.25, -0.2) is 14.3 Å². The lowest BCUT2D eigenvalue weighted by Crippen LogP contribution is -2.57. The number of pyridine rings is 2. The SMILES string of the molecule is C=CC(=O)N1CCN(c2nc(=O)n(-c3c(C)ccnc3C(C)C)c3nc(-c4cccc(C)c4OC)c(C#N)cc23)C2(CC2)C1. The topological polar surface area (TPSA) is 117 Å². The highest BCUT2D eigenvalue weighted by Crippen LogP contribution is 2.47. The zero-order chi connectivity index (χ0) is 31.3. The highest BCUT2D eigenvalue weighted by molar-refractivity contribution is 5.93. The maximum atomic E-state index is 14.2. The van der Waals surface area contributed by atoms with Crippen LogP contribution >= 0.6 is 0 Å².